The Morgan fingerprint density at radius 1 is 1.26 bits per heavy atom. The number of primary amides is 1. The Labute approximate surface area is 148 Å². The third-order valence-corrected chi connectivity index (χ3v) is 4.10. The number of rotatable bonds is 3. The average Bonchev–Trinajstić information content (AvgIpc) is 2.53. The lowest BCUT2D eigenvalue weighted by atomic mass is 9.88. The highest BCUT2D eigenvalue weighted by Gasteiger charge is 2.25. The van der Waals surface area contributed by atoms with Crippen molar-refractivity contribution in [1.29, 1.82) is 0 Å². The maximum atomic E-state index is 11.7. The van der Waals surface area contributed by atoms with Crippen LogP contribution in [0.4, 0.5) is 0 Å². The fraction of sp³-hybridized carbons (Fsp3) is 0.294. The highest BCUT2D eigenvalue weighted by molar-refractivity contribution is 5.94. The van der Waals surface area contributed by atoms with E-state index >= 15 is 0 Å². The number of hydrogen-bond donors (Lipinski definition) is 2. The van der Waals surface area contributed by atoms with Crippen LogP contribution in [0.5, 0.6) is 0 Å². The summed E-state index contributed by atoms with van der Waals surface area (Å²) in [4.78, 5) is 16.2. The van der Waals surface area contributed by atoms with Gasteiger partial charge in [0.1, 0.15) is 0 Å². The number of nitrogens with two attached hydrogens (primary N) is 1. The lowest BCUT2D eigenvalue weighted by Crippen LogP contribution is -2.31. The molecule has 0 aliphatic carbocycles. The maximum Gasteiger partial charge on any atom is 0.249 e. The Kier molecular flexibility index (Phi) is 7.01. The number of hydrogen-bond acceptors (Lipinski definition) is 3. The second-order valence-corrected chi connectivity index (χ2v) is 5.34. The standard InChI is InChI=1S/C17H19N3O.2ClH/c1-2-14-16(13(17(18)21)7-8-19-14)15-9-11-5-3-4-6-12(11)10-20-15;;/h3-8,15,20H,2,9-10H2,1H3,(H2,18,21);2*1H. The van der Waals surface area contributed by atoms with Crippen LogP contribution in [0.3, 0.4) is 0 Å². The quantitative estimate of drug-likeness (QED) is 0.891. The van der Waals surface area contributed by atoms with Crippen LogP contribution in [0.25, 0.3) is 0 Å². The summed E-state index contributed by atoms with van der Waals surface area (Å²) in [6.45, 7) is 2.85. The first-order chi connectivity index (χ1) is 10.2. The molecular formula is C17H21Cl2N3O. The number of aryl methyl sites for hydroxylation is 1. The van der Waals surface area contributed by atoms with E-state index in [0.29, 0.717) is 5.56 Å². The van der Waals surface area contributed by atoms with Gasteiger partial charge in [-0.1, -0.05) is 31.2 Å². The highest BCUT2D eigenvalue weighted by Crippen LogP contribution is 2.29. The Morgan fingerprint density at radius 2 is 1.96 bits per heavy atom. The second kappa shape index (κ2) is 8.29. The molecule has 0 radical (unpaired) electrons. The van der Waals surface area contributed by atoms with Crippen molar-refractivity contribution in [3.05, 3.63) is 64.5 Å². The third kappa shape index (κ3) is 3.83. The molecule has 3 N–H and O–H groups in total. The van der Waals surface area contributed by atoms with E-state index in [0.717, 1.165) is 30.6 Å². The first-order valence-electron chi connectivity index (χ1n) is 7.28. The van der Waals surface area contributed by atoms with Crippen LogP contribution >= 0.6 is 24.8 Å². The molecule has 0 saturated heterocycles. The average molecular weight is 354 g/mol. The van der Waals surface area contributed by atoms with Crippen LogP contribution in [0.1, 0.15) is 45.7 Å². The van der Waals surface area contributed by atoms with Crippen LogP contribution in [0.2, 0.25) is 0 Å². The molecule has 23 heavy (non-hydrogen) atoms. The fourth-order valence-electron chi connectivity index (χ4n) is 3.06. The zero-order valence-corrected chi connectivity index (χ0v) is 14.5. The Balaban J connectivity index is 0.00000132. The van der Waals surface area contributed by atoms with E-state index in [9.17, 15) is 4.79 Å². The molecule has 124 valence electrons. The minimum atomic E-state index is -0.386. The predicted molar refractivity (Wildman–Crippen MR) is 96.4 cm³/mol. The topological polar surface area (TPSA) is 68.0 Å². The lowest BCUT2D eigenvalue weighted by Gasteiger charge is -2.28. The molecule has 0 fully saturated rings. The van der Waals surface area contributed by atoms with Gasteiger partial charge in [0.25, 0.3) is 0 Å². The van der Waals surface area contributed by atoms with E-state index in [1.165, 1.54) is 11.1 Å². The van der Waals surface area contributed by atoms with Gasteiger partial charge in [-0.25, -0.2) is 0 Å². The van der Waals surface area contributed by atoms with E-state index in [2.05, 4.69) is 34.6 Å². The lowest BCUT2D eigenvalue weighted by molar-refractivity contribution is 0.0998. The van der Waals surface area contributed by atoms with Crippen molar-refractivity contribution in [2.75, 3.05) is 0 Å². The van der Waals surface area contributed by atoms with Crippen molar-refractivity contribution in [2.45, 2.75) is 32.4 Å². The number of nitrogens with one attached hydrogen (secondary N) is 1. The molecule has 1 unspecified atom stereocenters. The van der Waals surface area contributed by atoms with Gasteiger partial charge in [0.2, 0.25) is 5.91 Å². The van der Waals surface area contributed by atoms with Gasteiger partial charge in [-0.3, -0.25) is 9.78 Å². The van der Waals surface area contributed by atoms with E-state index in [-0.39, 0.29) is 36.8 Å². The molecule has 1 aromatic heterocycles. The third-order valence-electron chi connectivity index (χ3n) is 4.10. The minimum absolute atomic E-state index is 0. The molecule has 1 aliphatic heterocycles. The van der Waals surface area contributed by atoms with E-state index < -0.39 is 0 Å². The zero-order valence-electron chi connectivity index (χ0n) is 12.9. The molecule has 1 aromatic carbocycles. The number of nitrogens with zero attached hydrogens (tertiary/aromatic N) is 1. The molecule has 3 rings (SSSR count). The number of amides is 1. The SMILES string of the molecule is CCc1nccc(C(N)=O)c1C1Cc2ccccc2CN1.Cl.Cl. The van der Waals surface area contributed by atoms with Crippen LogP contribution in [0, 0.1) is 0 Å². The van der Waals surface area contributed by atoms with Crippen LogP contribution in [-0.4, -0.2) is 10.9 Å². The second-order valence-electron chi connectivity index (χ2n) is 5.34. The van der Waals surface area contributed by atoms with Crippen LogP contribution in [0.15, 0.2) is 36.5 Å². The molecule has 4 nitrogen and oxygen atoms in total. The molecular weight excluding hydrogens is 333 g/mol. The summed E-state index contributed by atoms with van der Waals surface area (Å²) in [5.74, 6) is -0.386. The van der Waals surface area contributed by atoms with Crippen molar-refractivity contribution in [1.82, 2.24) is 10.3 Å². The summed E-state index contributed by atoms with van der Waals surface area (Å²) in [6, 6.07) is 10.2. The molecule has 1 atom stereocenters. The smallest absolute Gasteiger partial charge is 0.249 e. The number of carbonyl (C=O) groups excluding carboxylic acids is 1. The van der Waals surface area contributed by atoms with Gasteiger partial charge in [-0.05, 0) is 30.0 Å². The summed E-state index contributed by atoms with van der Waals surface area (Å²) >= 11 is 0. The highest BCUT2D eigenvalue weighted by atomic mass is 35.5. The van der Waals surface area contributed by atoms with Gasteiger partial charge in [0, 0.05) is 35.6 Å². The first kappa shape index (κ1) is 19.4. The predicted octanol–water partition coefficient (Wildman–Crippen LogP) is 2.97. The molecule has 0 bridgehead atoms. The number of fused-ring (bicyclic) bond motifs is 1. The molecule has 6 heteroatoms. The summed E-state index contributed by atoms with van der Waals surface area (Å²) in [5.41, 5.74) is 10.7. The summed E-state index contributed by atoms with van der Waals surface area (Å²) in [7, 11) is 0. The Bertz CT molecular complexity index is 691. The summed E-state index contributed by atoms with van der Waals surface area (Å²) in [6.07, 6.45) is 3.31. The number of halogens is 2. The molecule has 2 aromatic rings. The largest absolute Gasteiger partial charge is 0.366 e. The minimum Gasteiger partial charge on any atom is -0.366 e. The molecule has 1 aliphatic rings. The van der Waals surface area contributed by atoms with Gasteiger partial charge in [-0.2, -0.15) is 0 Å². The van der Waals surface area contributed by atoms with E-state index in [1.807, 2.05) is 6.92 Å². The molecule has 0 spiro atoms. The summed E-state index contributed by atoms with van der Waals surface area (Å²) in [5, 5.41) is 3.51. The van der Waals surface area contributed by atoms with Crippen molar-refractivity contribution in [3.63, 3.8) is 0 Å². The van der Waals surface area contributed by atoms with Crippen molar-refractivity contribution in [3.8, 4) is 0 Å². The number of pyridine rings is 1. The van der Waals surface area contributed by atoms with Gasteiger partial charge >= 0.3 is 0 Å². The Hall–Kier alpha value is -1.62. The van der Waals surface area contributed by atoms with E-state index in [1.54, 1.807) is 12.3 Å². The Morgan fingerprint density at radius 3 is 2.61 bits per heavy atom. The van der Waals surface area contributed by atoms with Crippen LogP contribution < -0.4 is 11.1 Å². The van der Waals surface area contributed by atoms with Gasteiger partial charge in [-0.15, -0.1) is 24.8 Å². The van der Waals surface area contributed by atoms with E-state index in [4.69, 9.17) is 5.73 Å². The van der Waals surface area contributed by atoms with Crippen molar-refractivity contribution >= 4 is 30.7 Å². The molecule has 2 heterocycles. The number of aromatic nitrogens is 1. The molecule has 1 amide bonds. The maximum absolute atomic E-state index is 11.7. The van der Waals surface area contributed by atoms with Gasteiger partial charge in [0.05, 0.1) is 0 Å². The number of carbonyl (C=O) groups is 1. The fourth-order valence-corrected chi connectivity index (χ4v) is 3.06. The van der Waals surface area contributed by atoms with Crippen molar-refractivity contribution in [2.24, 2.45) is 5.73 Å². The zero-order chi connectivity index (χ0) is 14.8. The number of benzene rings is 1. The van der Waals surface area contributed by atoms with Crippen molar-refractivity contribution < 1.29 is 4.79 Å². The summed E-state index contributed by atoms with van der Waals surface area (Å²) < 4.78 is 0. The van der Waals surface area contributed by atoms with Gasteiger partial charge in [0.15, 0.2) is 0 Å². The van der Waals surface area contributed by atoms with Gasteiger partial charge < -0.3 is 11.1 Å². The monoisotopic (exact) mass is 353 g/mol. The van der Waals surface area contributed by atoms with Crippen LogP contribution in [-0.2, 0) is 19.4 Å². The normalized spacial score (nSPS) is 15.8. The molecule has 0 saturated carbocycles. The first-order valence-corrected chi connectivity index (χ1v) is 7.28.